The molecule has 156 valence electrons. The molecule has 0 spiro atoms. The van der Waals surface area contributed by atoms with Gasteiger partial charge in [-0.15, -0.1) is 0 Å². The predicted molar refractivity (Wildman–Crippen MR) is 101 cm³/mol. The van der Waals surface area contributed by atoms with Crippen molar-refractivity contribution in [3.8, 4) is 0 Å². The second-order valence-electron chi connectivity index (χ2n) is 7.46. The SMILES string of the molecule is C=CC(=O)NCC1(c2ccccc2)CC(NC(=O)C2(C(F)(F)F)CC=CCO2)C1. The first-order valence-corrected chi connectivity index (χ1v) is 9.35. The van der Waals surface area contributed by atoms with Crippen LogP contribution in [0.25, 0.3) is 0 Å². The van der Waals surface area contributed by atoms with E-state index < -0.39 is 35.6 Å². The smallest absolute Gasteiger partial charge is 0.353 e. The third-order valence-electron chi connectivity index (χ3n) is 5.60. The highest BCUT2D eigenvalue weighted by Gasteiger charge is 2.62. The number of carbonyl (C=O) groups excluding carboxylic acids is 2. The van der Waals surface area contributed by atoms with Gasteiger partial charge < -0.3 is 15.4 Å². The molecule has 3 rings (SSSR count). The minimum absolute atomic E-state index is 0.265. The van der Waals surface area contributed by atoms with Gasteiger partial charge in [0.2, 0.25) is 11.5 Å². The lowest BCUT2D eigenvalue weighted by atomic mass is 9.61. The van der Waals surface area contributed by atoms with Crippen molar-refractivity contribution in [1.82, 2.24) is 10.6 Å². The van der Waals surface area contributed by atoms with Gasteiger partial charge in [-0.3, -0.25) is 9.59 Å². The fourth-order valence-electron chi connectivity index (χ4n) is 3.94. The average molecular weight is 408 g/mol. The lowest BCUT2D eigenvalue weighted by molar-refractivity contribution is -0.266. The lowest BCUT2D eigenvalue weighted by Gasteiger charge is -2.49. The average Bonchev–Trinajstić information content (AvgIpc) is 2.69. The number of alkyl halides is 3. The standard InChI is InChI=1S/C21H23F3N2O3/c1-2-17(27)25-14-19(15-8-4-3-5-9-15)12-16(13-19)26-18(28)20(21(22,23)24)10-6-7-11-29-20/h2-9,16H,1,10-14H2,(H,25,27)(H,26,28). The molecule has 0 aromatic heterocycles. The summed E-state index contributed by atoms with van der Waals surface area (Å²) < 4.78 is 45.7. The summed E-state index contributed by atoms with van der Waals surface area (Å²) in [4.78, 5) is 24.2. The van der Waals surface area contributed by atoms with Crippen LogP contribution < -0.4 is 10.6 Å². The molecule has 1 fully saturated rings. The Balaban J connectivity index is 1.72. The summed E-state index contributed by atoms with van der Waals surface area (Å²) in [7, 11) is 0. The third-order valence-corrected chi connectivity index (χ3v) is 5.60. The van der Waals surface area contributed by atoms with E-state index in [4.69, 9.17) is 4.74 Å². The Labute approximate surface area is 167 Å². The monoisotopic (exact) mass is 408 g/mol. The number of hydrogen-bond acceptors (Lipinski definition) is 3. The highest BCUT2D eigenvalue weighted by atomic mass is 19.4. The number of amides is 2. The van der Waals surface area contributed by atoms with Gasteiger partial charge >= 0.3 is 6.18 Å². The topological polar surface area (TPSA) is 67.4 Å². The van der Waals surface area contributed by atoms with E-state index >= 15 is 0 Å². The molecule has 2 amide bonds. The maximum atomic E-state index is 13.6. The van der Waals surface area contributed by atoms with Gasteiger partial charge in [-0.1, -0.05) is 49.1 Å². The van der Waals surface area contributed by atoms with Crippen LogP contribution in [0.2, 0.25) is 0 Å². The van der Waals surface area contributed by atoms with E-state index in [9.17, 15) is 22.8 Å². The molecule has 29 heavy (non-hydrogen) atoms. The van der Waals surface area contributed by atoms with Crippen molar-refractivity contribution in [2.75, 3.05) is 13.2 Å². The minimum atomic E-state index is -4.82. The summed E-state index contributed by atoms with van der Waals surface area (Å²) in [6.07, 6.45) is -0.611. The molecule has 0 radical (unpaired) electrons. The van der Waals surface area contributed by atoms with Crippen LogP contribution in [-0.2, 0) is 19.7 Å². The zero-order valence-corrected chi connectivity index (χ0v) is 15.8. The van der Waals surface area contributed by atoms with E-state index in [1.54, 1.807) is 0 Å². The molecule has 1 aromatic rings. The van der Waals surface area contributed by atoms with E-state index in [0.717, 1.165) is 11.6 Å². The number of carbonyl (C=O) groups is 2. The van der Waals surface area contributed by atoms with Gasteiger partial charge in [0.1, 0.15) is 0 Å². The van der Waals surface area contributed by atoms with Gasteiger partial charge in [0, 0.05) is 24.4 Å². The van der Waals surface area contributed by atoms with Crippen LogP contribution in [0.5, 0.6) is 0 Å². The molecule has 1 unspecified atom stereocenters. The number of rotatable bonds is 6. The van der Waals surface area contributed by atoms with Gasteiger partial charge in [-0.25, -0.2) is 0 Å². The van der Waals surface area contributed by atoms with Crippen molar-refractivity contribution in [2.24, 2.45) is 0 Å². The molecule has 1 saturated carbocycles. The van der Waals surface area contributed by atoms with Crippen LogP contribution >= 0.6 is 0 Å². The van der Waals surface area contributed by atoms with Gasteiger partial charge in [-0.05, 0) is 24.5 Å². The zero-order valence-electron chi connectivity index (χ0n) is 15.8. The largest absolute Gasteiger partial charge is 0.426 e. The predicted octanol–water partition coefficient (Wildman–Crippen LogP) is 2.78. The fourth-order valence-corrected chi connectivity index (χ4v) is 3.94. The first-order chi connectivity index (χ1) is 13.7. The first-order valence-electron chi connectivity index (χ1n) is 9.35. The van der Waals surface area contributed by atoms with Crippen molar-refractivity contribution in [3.05, 3.63) is 60.7 Å². The Morgan fingerprint density at radius 3 is 2.45 bits per heavy atom. The molecule has 5 nitrogen and oxygen atoms in total. The van der Waals surface area contributed by atoms with Crippen LogP contribution in [0.15, 0.2) is 55.1 Å². The number of hydrogen-bond donors (Lipinski definition) is 2. The third kappa shape index (κ3) is 4.07. The Hall–Kier alpha value is -2.61. The maximum absolute atomic E-state index is 13.6. The van der Waals surface area contributed by atoms with E-state index in [1.807, 2.05) is 30.3 Å². The molecule has 1 aromatic carbocycles. The lowest BCUT2D eigenvalue weighted by Crippen LogP contribution is -2.64. The van der Waals surface area contributed by atoms with Gasteiger partial charge in [-0.2, -0.15) is 13.2 Å². The van der Waals surface area contributed by atoms with Crippen molar-refractivity contribution in [2.45, 2.75) is 42.5 Å². The molecule has 1 aliphatic carbocycles. The first kappa shape index (κ1) is 21.1. The van der Waals surface area contributed by atoms with E-state index in [2.05, 4.69) is 17.2 Å². The molecule has 0 saturated heterocycles. The second-order valence-corrected chi connectivity index (χ2v) is 7.46. The van der Waals surface area contributed by atoms with Gasteiger partial charge in [0.25, 0.3) is 5.91 Å². The Kier molecular flexibility index (Phi) is 5.84. The van der Waals surface area contributed by atoms with Crippen molar-refractivity contribution in [3.63, 3.8) is 0 Å². The molecule has 2 N–H and O–H groups in total. The number of benzene rings is 1. The van der Waals surface area contributed by atoms with E-state index in [0.29, 0.717) is 19.4 Å². The Morgan fingerprint density at radius 2 is 1.90 bits per heavy atom. The Bertz CT molecular complexity index is 801. The molecule has 1 heterocycles. The van der Waals surface area contributed by atoms with Gasteiger partial charge in [0.15, 0.2) is 0 Å². The zero-order chi connectivity index (χ0) is 21.1. The van der Waals surface area contributed by atoms with Crippen molar-refractivity contribution >= 4 is 11.8 Å². The summed E-state index contributed by atoms with van der Waals surface area (Å²) in [6, 6.07) is 8.95. The summed E-state index contributed by atoms with van der Waals surface area (Å²) in [5.41, 5.74) is -2.36. The van der Waals surface area contributed by atoms with Crippen LogP contribution in [0.3, 0.4) is 0 Å². The summed E-state index contributed by atoms with van der Waals surface area (Å²) >= 11 is 0. The summed E-state index contributed by atoms with van der Waals surface area (Å²) in [5.74, 6) is -1.50. The summed E-state index contributed by atoms with van der Waals surface area (Å²) in [6.45, 7) is 3.46. The quantitative estimate of drug-likeness (QED) is 0.562. The number of halogens is 3. The van der Waals surface area contributed by atoms with Crippen LogP contribution in [0, 0.1) is 0 Å². The highest BCUT2D eigenvalue weighted by molar-refractivity contribution is 5.87. The second kappa shape index (κ2) is 8.02. The van der Waals surface area contributed by atoms with Crippen LogP contribution in [-0.4, -0.2) is 42.8 Å². The molecule has 0 bridgehead atoms. The van der Waals surface area contributed by atoms with Crippen LogP contribution in [0.1, 0.15) is 24.8 Å². The minimum Gasteiger partial charge on any atom is -0.353 e. The molecule has 2 aliphatic rings. The molecule has 8 heteroatoms. The van der Waals surface area contributed by atoms with Crippen molar-refractivity contribution in [1.29, 1.82) is 0 Å². The summed E-state index contributed by atoms with van der Waals surface area (Å²) in [5, 5.41) is 5.27. The van der Waals surface area contributed by atoms with E-state index in [-0.39, 0.29) is 12.5 Å². The molecule has 1 aliphatic heterocycles. The van der Waals surface area contributed by atoms with Gasteiger partial charge in [0.05, 0.1) is 6.61 Å². The maximum Gasteiger partial charge on any atom is 0.426 e. The number of nitrogens with one attached hydrogen (secondary N) is 2. The molecule has 1 atom stereocenters. The number of ether oxygens (including phenoxy) is 1. The molecular formula is C21H23F3N2O3. The normalized spacial score (nSPS) is 28.9. The fraction of sp³-hybridized carbons (Fsp3) is 0.429. The van der Waals surface area contributed by atoms with E-state index in [1.165, 1.54) is 12.2 Å². The van der Waals surface area contributed by atoms with Crippen LogP contribution in [0.4, 0.5) is 13.2 Å². The van der Waals surface area contributed by atoms with Crippen molar-refractivity contribution < 1.29 is 27.5 Å². The Morgan fingerprint density at radius 1 is 1.21 bits per heavy atom. The highest BCUT2D eigenvalue weighted by Crippen LogP contribution is 2.45. The molecular weight excluding hydrogens is 385 g/mol.